The molecule has 0 aromatic heterocycles. The number of thiol groups is 1. The largest absolute Gasteiger partial charge is 1.00 e. The molecule has 4 nitrogen and oxygen atoms in total. The molecule has 1 atom stereocenters. The van der Waals surface area contributed by atoms with Gasteiger partial charge in [0.05, 0.1) is 9.79 Å². The van der Waals surface area contributed by atoms with E-state index >= 15 is 0 Å². The van der Waals surface area contributed by atoms with Crippen LogP contribution < -0.4 is 71.5 Å². The molecule has 1 unspecified atom stereocenters. The van der Waals surface area contributed by atoms with Crippen molar-refractivity contribution in [3.63, 3.8) is 0 Å². The Morgan fingerprint density at radius 2 is 1.06 bits per heavy atom. The fourth-order valence-corrected chi connectivity index (χ4v) is 2.99. The molecule has 0 heterocycles. The summed E-state index contributed by atoms with van der Waals surface area (Å²) in [6.07, 6.45) is 0. The van der Waals surface area contributed by atoms with Crippen molar-refractivity contribution in [2.24, 2.45) is 0 Å². The van der Waals surface area contributed by atoms with Crippen molar-refractivity contribution in [1.82, 2.24) is 0 Å². The van der Waals surface area contributed by atoms with Gasteiger partial charge in [0.25, 0.3) is 9.05 Å². The summed E-state index contributed by atoms with van der Waals surface area (Å²) in [5, 5.41) is 0. The molecule has 0 radical (unpaired) electrons. The van der Waals surface area contributed by atoms with Crippen molar-refractivity contribution in [2.45, 2.75) is 30.6 Å². The molecule has 32 heavy (non-hydrogen) atoms. The SMILES string of the molecule is Cc1ccc(S(=O)(=O)Cl)cc1.Cc1ccc(S(=O)(O)=S)cc1.[CH2-]C.[Cl-].[I][V]([I])[I].[Na+].[Na+].[SH-]. The smallest absolute Gasteiger partial charge is 0.813 e. The van der Waals surface area contributed by atoms with Crippen LogP contribution in [0.2, 0.25) is 0 Å². The van der Waals surface area contributed by atoms with Crippen LogP contribution in [0.5, 0.6) is 0 Å². The van der Waals surface area contributed by atoms with Gasteiger partial charge in [-0.2, -0.15) is 6.92 Å². The molecule has 0 aliphatic carbocycles. The zero-order chi connectivity index (χ0) is 22.5. The summed E-state index contributed by atoms with van der Waals surface area (Å²) in [6, 6.07) is 13.0. The quantitative estimate of drug-likeness (QED) is 0.0917. The monoisotopic (exact) mass is 953 g/mol. The molecule has 0 saturated carbocycles. The van der Waals surface area contributed by atoms with Crippen LogP contribution >= 0.6 is 70.6 Å². The van der Waals surface area contributed by atoms with Gasteiger partial charge in [0, 0.05) is 21.9 Å². The molecule has 176 valence electrons. The van der Waals surface area contributed by atoms with Crippen molar-refractivity contribution in [2.75, 3.05) is 0 Å². The summed E-state index contributed by atoms with van der Waals surface area (Å²) in [4.78, 5) is 0.170. The van der Waals surface area contributed by atoms with Crippen molar-refractivity contribution < 1.29 is 93.6 Å². The van der Waals surface area contributed by atoms with Crippen molar-refractivity contribution in [3.8, 4) is 0 Å². The first kappa shape index (κ1) is 49.4. The Morgan fingerprint density at radius 3 is 1.25 bits per heavy atom. The third-order valence-electron chi connectivity index (χ3n) is 2.62. The van der Waals surface area contributed by atoms with Crippen LogP contribution in [0.3, 0.4) is 0 Å². The van der Waals surface area contributed by atoms with E-state index in [0.717, 1.165) is 11.1 Å². The van der Waals surface area contributed by atoms with Crippen LogP contribution in [0.1, 0.15) is 18.1 Å². The van der Waals surface area contributed by atoms with Gasteiger partial charge in [0.15, 0.2) is 8.77 Å². The van der Waals surface area contributed by atoms with Crippen molar-refractivity contribution >= 4 is 113 Å². The molecule has 0 saturated heterocycles. The maximum atomic E-state index is 10.9. The minimum absolute atomic E-state index is 0. The summed E-state index contributed by atoms with van der Waals surface area (Å²) in [5.74, 6) is 0. The predicted octanol–water partition coefficient (Wildman–Crippen LogP) is -2.27. The Morgan fingerprint density at radius 1 is 0.844 bits per heavy atom. The van der Waals surface area contributed by atoms with E-state index in [1.165, 1.54) is 12.1 Å². The first-order valence-corrected chi connectivity index (χ1v) is 25.5. The van der Waals surface area contributed by atoms with Gasteiger partial charge in [-0.25, -0.2) is 12.6 Å². The van der Waals surface area contributed by atoms with Gasteiger partial charge in [-0.3, -0.25) is 0 Å². The van der Waals surface area contributed by atoms with Crippen LogP contribution in [-0.2, 0) is 47.4 Å². The average Bonchev–Trinajstić information content (AvgIpc) is 2.56. The fraction of sp³-hybridized carbons (Fsp3) is 0.188. The summed E-state index contributed by atoms with van der Waals surface area (Å²) in [6.45, 7) is 8.79. The molecular formula is C16H21Cl2I3Na2O4S4V-. The average molecular weight is 954 g/mol. The first-order chi connectivity index (χ1) is 12.7. The minimum atomic E-state index is -3.55. The van der Waals surface area contributed by atoms with E-state index in [0.29, 0.717) is 4.90 Å². The Labute approximate surface area is 297 Å². The topological polar surface area (TPSA) is 71.4 Å². The molecule has 2 aromatic rings. The van der Waals surface area contributed by atoms with E-state index in [4.69, 9.17) is 15.2 Å². The fourth-order valence-electron chi connectivity index (χ4n) is 1.41. The number of hydrogen-bond acceptors (Lipinski definition) is 5. The summed E-state index contributed by atoms with van der Waals surface area (Å²) < 4.78 is 41.2. The maximum absolute atomic E-state index is 10.9. The predicted molar refractivity (Wildman–Crippen MR) is 154 cm³/mol. The number of halogens is 5. The molecule has 0 amide bonds. The molecular weight excluding hydrogens is 933 g/mol. The van der Waals surface area contributed by atoms with Crippen LogP contribution in [-0.4, -0.2) is 17.2 Å². The molecule has 1 N–H and O–H groups in total. The van der Waals surface area contributed by atoms with Gasteiger partial charge in [-0.15, -0.1) is 0 Å². The molecule has 2 aromatic carbocycles. The maximum Gasteiger partial charge on any atom is 1.00 e. The van der Waals surface area contributed by atoms with Crippen LogP contribution in [0, 0.1) is 20.8 Å². The normalized spacial score (nSPS) is 10.7. The second kappa shape index (κ2) is 27.0. The van der Waals surface area contributed by atoms with Gasteiger partial charge in [0.1, 0.15) is 0 Å². The molecule has 0 aliphatic rings. The second-order valence-corrected chi connectivity index (χ2v) is 45.4. The third kappa shape index (κ3) is 29.0. The van der Waals surface area contributed by atoms with E-state index in [-0.39, 0.29) is 94.8 Å². The van der Waals surface area contributed by atoms with E-state index in [2.05, 4.69) is 78.0 Å². The molecule has 0 spiro atoms. The van der Waals surface area contributed by atoms with Gasteiger partial charge in [-0.05, 0) is 38.1 Å². The Hall–Kier alpha value is 4.42. The summed E-state index contributed by atoms with van der Waals surface area (Å²) >= 11 is 11.8. The molecule has 16 heteroatoms. The van der Waals surface area contributed by atoms with Crippen LogP contribution in [0.15, 0.2) is 58.3 Å². The van der Waals surface area contributed by atoms with Gasteiger partial charge < -0.3 is 37.4 Å². The Bertz CT molecular complexity index is 832. The summed E-state index contributed by atoms with van der Waals surface area (Å²) in [7, 11) is -1.65. The zero-order valence-corrected chi connectivity index (χ0v) is 34.7. The Kier molecular flexibility index (Phi) is 41.7. The van der Waals surface area contributed by atoms with Gasteiger partial charge >= 0.3 is 124 Å². The van der Waals surface area contributed by atoms with Gasteiger partial charge in [-0.1, -0.05) is 35.4 Å². The van der Waals surface area contributed by atoms with Crippen molar-refractivity contribution in [3.05, 3.63) is 66.6 Å². The number of hydrogen-bond donors (Lipinski definition) is 1. The number of rotatable bonds is 2. The minimum Gasteiger partial charge on any atom is -0.813 e. The standard InChI is InChI=1S/C7H7ClO2S.C7H8O2S2.C2H5.ClH.3HI.2Na.H2S.V/c2*1-6-2-4-7(5-3-6)11(8,9)10;1-2;;;;;;;;/h2-5H,1H3;2-5H,1H3,(H,8,9,10);1H2,2H3;4*1H;;;1H2;/q;;-1;;;;;2*+1;;+3/p-5. The van der Waals surface area contributed by atoms with Crippen LogP contribution in [0.25, 0.3) is 0 Å². The van der Waals surface area contributed by atoms with Crippen molar-refractivity contribution in [1.29, 1.82) is 0 Å². The number of aryl methyl sites for hydroxylation is 2. The first-order valence-electron chi connectivity index (χ1n) is 7.27. The van der Waals surface area contributed by atoms with E-state index < -0.39 is 17.8 Å². The van der Waals surface area contributed by atoms with Gasteiger partial charge in [0.2, 0.25) is 0 Å². The zero-order valence-electron chi connectivity index (χ0n) is 18.0. The van der Waals surface area contributed by atoms with E-state index in [1.54, 1.807) is 43.3 Å². The summed E-state index contributed by atoms with van der Waals surface area (Å²) in [5.41, 5.74) is 2.06. The molecule has 0 aliphatic heterocycles. The second-order valence-electron chi connectivity index (χ2n) is 4.73. The Balaban J connectivity index is -0.0000000772. The molecule has 2 rings (SSSR count). The third-order valence-corrected chi connectivity index (χ3v) is 5.44. The van der Waals surface area contributed by atoms with E-state index in [9.17, 15) is 12.6 Å². The molecule has 0 bridgehead atoms. The van der Waals surface area contributed by atoms with Crippen LogP contribution in [0.4, 0.5) is 0 Å². The van der Waals surface area contributed by atoms with E-state index in [1.807, 2.05) is 13.8 Å². The molecule has 0 fully saturated rings. The number of benzene rings is 2.